The Labute approximate surface area is 92.1 Å². The van der Waals surface area contributed by atoms with E-state index in [1.165, 1.54) is 24.8 Å². The van der Waals surface area contributed by atoms with Crippen molar-refractivity contribution in [1.29, 1.82) is 0 Å². The van der Waals surface area contributed by atoms with Gasteiger partial charge in [-0.05, 0) is 48.3 Å². The lowest BCUT2D eigenvalue weighted by Gasteiger charge is -2.32. The molecular weight excluding hydrogens is 184 g/mol. The minimum atomic E-state index is 0.371. The summed E-state index contributed by atoms with van der Waals surface area (Å²) in [7, 11) is 0. The van der Waals surface area contributed by atoms with Gasteiger partial charge in [-0.2, -0.15) is 0 Å². The zero-order valence-corrected chi connectivity index (χ0v) is 9.61. The van der Waals surface area contributed by atoms with E-state index < -0.39 is 0 Å². The van der Waals surface area contributed by atoms with Crippen LogP contribution in [0, 0.1) is 11.8 Å². The van der Waals surface area contributed by atoms with Gasteiger partial charge in [0.25, 0.3) is 0 Å². The molecular formula is C14H20O. The van der Waals surface area contributed by atoms with Gasteiger partial charge in [-0.3, -0.25) is 0 Å². The topological polar surface area (TPSA) is 20.2 Å². The van der Waals surface area contributed by atoms with E-state index in [0.29, 0.717) is 11.7 Å². The molecule has 3 atom stereocenters. The molecule has 0 aromatic heterocycles. The number of aromatic hydroxyl groups is 1. The van der Waals surface area contributed by atoms with Crippen LogP contribution < -0.4 is 0 Å². The van der Waals surface area contributed by atoms with E-state index in [4.69, 9.17) is 0 Å². The summed E-state index contributed by atoms with van der Waals surface area (Å²) in [4.78, 5) is 0. The zero-order chi connectivity index (χ0) is 10.8. The summed E-state index contributed by atoms with van der Waals surface area (Å²) in [6.07, 6.45) is 3.98. The molecule has 0 bridgehead atoms. The lowest BCUT2D eigenvalue weighted by molar-refractivity contribution is 0.261. The molecule has 2 rings (SSSR count). The van der Waals surface area contributed by atoms with Crippen molar-refractivity contribution in [2.24, 2.45) is 11.8 Å². The Bertz CT molecular complexity index is 315. The summed E-state index contributed by atoms with van der Waals surface area (Å²) >= 11 is 0. The third kappa shape index (κ3) is 2.34. The highest BCUT2D eigenvalue weighted by molar-refractivity contribution is 5.28. The maximum absolute atomic E-state index is 9.26. The third-order valence-electron chi connectivity index (χ3n) is 3.75. The number of hydrogen-bond donors (Lipinski definition) is 1. The summed E-state index contributed by atoms with van der Waals surface area (Å²) < 4.78 is 0. The van der Waals surface area contributed by atoms with Crippen molar-refractivity contribution in [2.45, 2.75) is 39.0 Å². The van der Waals surface area contributed by atoms with Crippen LogP contribution in [0.5, 0.6) is 5.75 Å². The molecule has 1 aromatic rings. The maximum Gasteiger partial charge on any atom is 0.115 e. The molecule has 0 saturated heterocycles. The van der Waals surface area contributed by atoms with Crippen LogP contribution in [-0.4, -0.2) is 5.11 Å². The minimum absolute atomic E-state index is 0.371. The molecule has 1 aliphatic carbocycles. The van der Waals surface area contributed by atoms with Gasteiger partial charge in [0.15, 0.2) is 0 Å². The van der Waals surface area contributed by atoms with Crippen molar-refractivity contribution in [2.75, 3.05) is 0 Å². The van der Waals surface area contributed by atoms with Crippen LogP contribution in [0.2, 0.25) is 0 Å². The van der Waals surface area contributed by atoms with Crippen LogP contribution in [0.15, 0.2) is 24.3 Å². The first-order valence-corrected chi connectivity index (χ1v) is 5.95. The van der Waals surface area contributed by atoms with Crippen molar-refractivity contribution >= 4 is 0 Å². The second-order valence-electron chi connectivity index (χ2n) is 5.09. The Kier molecular flexibility index (Phi) is 2.99. The van der Waals surface area contributed by atoms with E-state index in [-0.39, 0.29) is 0 Å². The number of rotatable bonds is 1. The van der Waals surface area contributed by atoms with E-state index in [0.717, 1.165) is 11.8 Å². The Morgan fingerprint density at radius 1 is 1.07 bits per heavy atom. The number of phenols is 1. The smallest absolute Gasteiger partial charge is 0.115 e. The van der Waals surface area contributed by atoms with Crippen LogP contribution in [0.3, 0.4) is 0 Å². The number of benzene rings is 1. The fourth-order valence-corrected chi connectivity index (χ4v) is 2.88. The molecule has 1 N–H and O–H groups in total. The molecule has 0 amide bonds. The van der Waals surface area contributed by atoms with Gasteiger partial charge in [0.1, 0.15) is 5.75 Å². The van der Waals surface area contributed by atoms with Gasteiger partial charge < -0.3 is 5.11 Å². The molecule has 0 spiro atoms. The highest BCUT2D eigenvalue weighted by Gasteiger charge is 2.26. The quantitative estimate of drug-likeness (QED) is 0.734. The SMILES string of the molecule is CC1CCC(c2ccc(O)cc2)C(C)C1. The molecule has 0 aliphatic heterocycles. The normalized spacial score (nSPS) is 31.5. The fourth-order valence-electron chi connectivity index (χ4n) is 2.88. The molecule has 1 aromatic carbocycles. The predicted octanol–water partition coefficient (Wildman–Crippen LogP) is 3.93. The first kappa shape index (κ1) is 10.5. The molecule has 15 heavy (non-hydrogen) atoms. The second kappa shape index (κ2) is 4.26. The largest absolute Gasteiger partial charge is 0.508 e. The molecule has 1 saturated carbocycles. The molecule has 0 radical (unpaired) electrons. The fraction of sp³-hybridized carbons (Fsp3) is 0.571. The molecule has 1 aliphatic rings. The second-order valence-corrected chi connectivity index (χ2v) is 5.09. The van der Waals surface area contributed by atoms with Crippen LogP contribution in [0.25, 0.3) is 0 Å². The molecule has 1 heteroatoms. The van der Waals surface area contributed by atoms with E-state index in [2.05, 4.69) is 26.0 Å². The monoisotopic (exact) mass is 204 g/mol. The van der Waals surface area contributed by atoms with Gasteiger partial charge >= 0.3 is 0 Å². The van der Waals surface area contributed by atoms with Crippen molar-refractivity contribution in [3.63, 3.8) is 0 Å². The summed E-state index contributed by atoms with van der Waals surface area (Å²) in [5.41, 5.74) is 1.40. The van der Waals surface area contributed by atoms with Crippen molar-refractivity contribution in [3.8, 4) is 5.75 Å². The van der Waals surface area contributed by atoms with Crippen LogP contribution in [0.1, 0.15) is 44.6 Å². The molecule has 0 heterocycles. The average molecular weight is 204 g/mol. The van der Waals surface area contributed by atoms with Gasteiger partial charge in [0, 0.05) is 0 Å². The molecule has 1 nitrogen and oxygen atoms in total. The number of phenolic OH excluding ortho intramolecular Hbond substituents is 1. The van der Waals surface area contributed by atoms with Gasteiger partial charge in [-0.1, -0.05) is 32.4 Å². The van der Waals surface area contributed by atoms with Gasteiger partial charge in [-0.15, -0.1) is 0 Å². The summed E-state index contributed by atoms with van der Waals surface area (Å²) in [5.74, 6) is 2.73. The van der Waals surface area contributed by atoms with Gasteiger partial charge in [0.05, 0.1) is 0 Å². The third-order valence-corrected chi connectivity index (χ3v) is 3.75. The minimum Gasteiger partial charge on any atom is -0.508 e. The zero-order valence-electron chi connectivity index (χ0n) is 9.61. The average Bonchev–Trinajstić information content (AvgIpc) is 2.20. The number of hydrogen-bond acceptors (Lipinski definition) is 1. The van der Waals surface area contributed by atoms with E-state index in [9.17, 15) is 5.11 Å². The summed E-state index contributed by atoms with van der Waals surface area (Å²) in [6, 6.07) is 7.76. The lowest BCUT2D eigenvalue weighted by atomic mass is 9.73. The summed E-state index contributed by atoms with van der Waals surface area (Å²) in [5, 5.41) is 9.26. The Hall–Kier alpha value is -0.980. The molecule has 3 unspecified atom stereocenters. The van der Waals surface area contributed by atoms with E-state index in [1.807, 2.05) is 0 Å². The standard InChI is InChI=1S/C14H20O/c1-10-3-8-14(11(2)9-10)12-4-6-13(15)7-5-12/h4-7,10-11,14-15H,3,8-9H2,1-2H3. The van der Waals surface area contributed by atoms with E-state index in [1.54, 1.807) is 12.1 Å². The lowest BCUT2D eigenvalue weighted by Crippen LogP contribution is -2.19. The predicted molar refractivity (Wildman–Crippen MR) is 63.0 cm³/mol. The highest BCUT2D eigenvalue weighted by atomic mass is 16.3. The molecule has 82 valence electrons. The maximum atomic E-state index is 9.26. The first-order valence-electron chi connectivity index (χ1n) is 5.95. The summed E-state index contributed by atoms with van der Waals surface area (Å²) in [6.45, 7) is 4.71. The van der Waals surface area contributed by atoms with Crippen LogP contribution in [0.4, 0.5) is 0 Å². The molecule has 1 fully saturated rings. The van der Waals surface area contributed by atoms with Gasteiger partial charge in [-0.25, -0.2) is 0 Å². The van der Waals surface area contributed by atoms with Crippen molar-refractivity contribution < 1.29 is 5.11 Å². The highest BCUT2D eigenvalue weighted by Crippen LogP contribution is 2.40. The van der Waals surface area contributed by atoms with Crippen molar-refractivity contribution in [3.05, 3.63) is 29.8 Å². The Morgan fingerprint density at radius 3 is 2.33 bits per heavy atom. The Morgan fingerprint density at radius 2 is 1.73 bits per heavy atom. The van der Waals surface area contributed by atoms with E-state index >= 15 is 0 Å². The van der Waals surface area contributed by atoms with Gasteiger partial charge in [0.2, 0.25) is 0 Å². The Balaban J connectivity index is 2.13. The van der Waals surface area contributed by atoms with Crippen LogP contribution >= 0.6 is 0 Å². The van der Waals surface area contributed by atoms with Crippen molar-refractivity contribution in [1.82, 2.24) is 0 Å². The van der Waals surface area contributed by atoms with Crippen LogP contribution in [-0.2, 0) is 0 Å². The first-order chi connectivity index (χ1) is 7.16.